The summed E-state index contributed by atoms with van der Waals surface area (Å²) in [5, 5.41) is 0. The SMILES string of the molecule is NC(=O)C1CS(=O)(=O)N1. The van der Waals surface area contributed by atoms with E-state index in [9.17, 15) is 13.2 Å². The summed E-state index contributed by atoms with van der Waals surface area (Å²) in [6.45, 7) is 0. The van der Waals surface area contributed by atoms with Crippen molar-refractivity contribution in [1.29, 1.82) is 0 Å². The fourth-order valence-corrected chi connectivity index (χ4v) is 1.68. The molecular formula is C3H6N2O3S. The highest BCUT2D eigenvalue weighted by Crippen LogP contribution is 2.03. The average Bonchev–Trinajstić information content (AvgIpc) is 1.59. The monoisotopic (exact) mass is 150 g/mol. The Labute approximate surface area is 52.3 Å². The number of nitrogens with one attached hydrogen (secondary N) is 1. The van der Waals surface area contributed by atoms with Crippen LogP contribution < -0.4 is 10.5 Å². The number of amides is 1. The van der Waals surface area contributed by atoms with Gasteiger partial charge in [-0.3, -0.25) is 4.79 Å². The summed E-state index contributed by atoms with van der Waals surface area (Å²) in [7, 11) is -3.13. The average molecular weight is 150 g/mol. The Morgan fingerprint density at radius 1 is 1.67 bits per heavy atom. The van der Waals surface area contributed by atoms with E-state index in [2.05, 4.69) is 0 Å². The molecule has 0 spiro atoms. The second-order valence-corrected chi connectivity index (χ2v) is 3.65. The third-order valence-electron chi connectivity index (χ3n) is 1.05. The van der Waals surface area contributed by atoms with Crippen molar-refractivity contribution >= 4 is 15.9 Å². The van der Waals surface area contributed by atoms with Gasteiger partial charge in [-0.25, -0.2) is 13.1 Å². The van der Waals surface area contributed by atoms with E-state index in [-0.39, 0.29) is 5.75 Å². The number of hydrogen-bond acceptors (Lipinski definition) is 3. The molecular weight excluding hydrogens is 144 g/mol. The third-order valence-corrected chi connectivity index (χ3v) is 2.47. The largest absolute Gasteiger partial charge is 0.368 e. The van der Waals surface area contributed by atoms with E-state index in [1.54, 1.807) is 0 Å². The molecule has 52 valence electrons. The minimum atomic E-state index is -3.13. The van der Waals surface area contributed by atoms with Crippen LogP contribution in [0, 0.1) is 0 Å². The quantitative estimate of drug-likeness (QED) is 0.443. The lowest BCUT2D eigenvalue weighted by atomic mass is 10.3. The van der Waals surface area contributed by atoms with Crippen molar-refractivity contribution < 1.29 is 13.2 Å². The van der Waals surface area contributed by atoms with Crippen LogP contribution in [-0.2, 0) is 14.8 Å². The fraction of sp³-hybridized carbons (Fsp3) is 0.667. The van der Waals surface area contributed by atoms with Crippen molar-refractivity contribution in [3.05, 3.63) is 0 Å². The highest BCUT2D eigenvalue weighted by molar-refractivity contribution is 7.91. The van der Waals surface area contributed by atoms with E-state index in [4.69, 9.17) is 5.73 Å². The molecule has 0 aromatic rings. The topological polar surface area (TPSA) is 89.3 Å². The molecule has 1 heterocycles. The molecule has 0 bridgehead atoms. The van der Waals surface area contributed by atoms with Gasteiger partial charge in [0, 0.05) is 0 Å². The maximum absolute atomic E-state index is 10.3. The Morgan fingerprint density at radius 3 is 2.22 bits per heavy atom. The Bertz CT molecular complexity index is 219. The second-order valence-electron chi connectivity index (χ2n) is 1.85. The highest BCUT2D eigenvalue weighted by Gasteiger charge is 2.36. The minimum Gasteiger partial charge on any atom is -0.368 e. The van der Waals surface area contributed by atoms with E-state index in [0.29, 0.717) is 0 Å². The molecule has 3 N–H and O–H groups in total. The van der Waals surface area contributed by atoms with E-state index in [1.807, 2.05) is 4.72 Å². The first-order valence-electron chi connectivity index (χ1n) is 2.30. The normalized spacial score (nSPS) is 30.9. The molecule has 1 aliphatic rings. The first-order chi connectivity index (χ1) is 4.01. The van der Waals surface area contributed by atoms with Crippen LogP contribution in [0.1, 0.15) is 0 Å². The van der Waals surface area contributed by atoms with Gasteiger partial charge in [-0.15, -0.1) is 0 Å². The Kier molecular flexibility index (Phi) is 1.21. The Morgan fingerprint density at radius 2 is 2.11 bits per heavy atom. The molecule has 5 nitrogen and oxygen atoms in total. The van der Waals surface area contributed by atoms with Crippen LogP contribution >= 0.6 is 0 Å². The molecule has 0 radical (unpaired) electrons. The number of rotatable bonds is 1. The summed E-state index contributed by atoms with van der Waals surface area (Å²) in [6.07, 6.45) is 0. The lowest BCUT2D eigenvalue weighted by molar-refractivity contribution is -0.119. The van der Waals surface area contributed by atoms with Gasteiger partial charge in [-0.05, 0) is 0 Å². The molecule has 9 heavy (non-hydrogen) atoms. The predicted octanol–water partition coefficient (Wildman–Crippen LogP) is -2.23. The smallest absolute Gasteiger partial charge is 0.236 e. The molecule has 0 aromatic heterocycles. The van der Waals surface area contributed by atoms with Crippen LogP contribution in [0.2, 0.25) is 0 Å². The van der Waals surface area contributed by atoms with Gasteiger partial charge in [0.15, 0.2) is 0 Å². The van der Waals surface area contributed by atoms with E-state index >= 15 is 0 Å². The number of hydrogen-bond donors (Lipinski definition) is 2. The molecule has 1 aliphatic heterocycles. The number of sulfonamides is 1. The van der Waals surface area contributed by atoms with Crippen molar-refractivity contribution in [3.63, 3.8) is 0 Å². The number of carbonyl (C=O) groups excluding carboxylic acids is 1. The summed E-state index contributed by atoms with van der Waals surface area (Å²) < 4.78 is 22.6. The van der Waals surface area contributed by atoms with Crippen LogP contribution in [0.15, 0.2) is 0 Å². The zero-order valence-electron chi connectivity index (χ0n) is 4.49. The highest BCUT2D eigenvalue weighted by atomic mass is 32.2. The van der Waals surface area contributed by atoms with Gasteiger partial charge in [0.1, 0.15) is 6.04 Å². The maximum atomic E-state index is 10.3. The Hall–Kier alpha value is -0.620. The number of carbonyl (C=O) groups is 1. The Balaban J connectivity index is 2.55. The summed E-state index contributed by atoms with van der Waals surface area (Å²) >= 11 is 0. The maximum Gasteiger partial charge on any atom is 0.236 e. The van der Waals surface area contributed by atoms with Gasteiger partial charge in [-0.2, -0.15) is 0 Å². The van der Waals surface area contributed by atoms with E-state index < -0.39 is 22.0 Å². The van der Waals surface area contributed by atoms with Gasteiger partial charge in [0.05, 0.1) is 5.75 Å². The van der Waals surface area contributed by atoms with E-state index in [1.165, 1.54) is 0 Å². The molecule has 1 saturated heterocycles. The number of nitrogens with two attached hydrogens (primary N) is 1. The minimum absolute atomic E-state index is 0.164. The molecule has 1 unspecified atom stereocenters. The van der Waals surface area contributed by atoms with Gasteiger partial charge in [0.25, 0.3) is 0 Å². The molecule has 0 aromatic carbocycles. The van der Waals surface area contributed by atoms with Crippen LogP contribution in [0.4, 0.5) is 0 Å². The zero-order valence-corrected chi connectivity index (χ0v) is 5.31. The van der Waals surface area contributed by atoms with Crippen molar-refractivity contribution in [2.75, 3.05) is 5.75 Å². The summed E-state index contributed by atoms with van der Waals surface area (Å²) in [5.41, 5.74) is 4.75. The van der Waals surface area contributed by atoms with Gasteiger partial charge >= 0.3 is 0 Å². The van der Waals surface area contributed by atoms with Gasteiger partial charge in [0.2, 0.25) is 15.9 Å². The van der Waals surface area contributed by atoms with Crippen molar-refractivity contribution in [3.8, 4) is 0 Å². The lowest BCUT2D eigenvalue weighted by Crippen LogP contribution is -2.59. The van der Waals surface area contributed by atoms with Gasteiger partial charge < -0.3 is 5.73 Å². The summed E-state index contributed by atoms with van der Waals surface area (Å²) in [5.74, 6) is -0.785. The standard InChI is InChI=1S/C3H6N2O3S/c4-3(6)2-1-9(7,8)5-2/h2,5H,1H2,(H2,4,6). The van der Waals surface area contributed by atoms with Gasteiger partial charge in [-0.1, -0.05) is 0 Å². The molecule has 1 atom stereocenters. The molecule has 0 saturated carbocycles. The predicted molar refractivity (Wildman–Crippen MR) is 29.9 cm³/mol. The summed E-state index contributed by atoms with van der Waals surface area (Å²) in [6, 6.07) is -0.671. The van der Waals surface area contributed by atoms with Crippen LogP contribution in [-0.4, -0.2) is 26.1 Å². The molecule has 1 rings (SSSR count). The molecule has 1 fully saturated rings. The first kappa shape index (κ1) is 6.50. The van der Waals surface area contributed by atoms with Crippen LogP contribution in [0.25, 0.3) is 0 Å². The van der Waals surface area contributed by atoms with Crippen molar-refractivity contribution in [2.45, 2.75) is 6.04 Å². The van der Waals surface area contributed by atoms with Crippen LogP contribution in [0.5, 0.6) is 0 Å². The van der Waals surface area contributed by atoms with Crippen molar-refractivity contribution in [1.82, 2.24) is 4.72 Å². The molecule has 6 heteroatoms. The molecule has 1 amide bonds. The van der Waals surface area contributed by atoms with E-state index in [0.717, 1.165) is 0 Å². The number of primary amides is 1. The first-order valence-corrected chi connectivity index (χ1v) is 3.96. The third kappa shape index (κ3) is 1.19. The second kappa shape index (κ2) is 1.68. The lowest BCUT2D eigenvalue weighted by Gasteiger charge is -2.23. The van der Waals surface area contributed by atoms with Crippen LogP contribution in [0.3, 0.4) is 0 Å². The summed E-state index contributed by atoms with van der Waals surface area (Å²) in [4.78, 5) is 10.2. The van der Waals surface area contributed by atoms with Crippen molar-refractivity contribution in [2.24, 2.45) is 5.73 Å². The zero-order chi connectivity index (χ0) is 7.07. The fourth-order valence-electron chi connectivity index (χ4n) is 0.559. The molecule has 0 aliphatic carbocycles.